The van der Waals surface area contributed by atoms with Gasteiger partial charge >= 0.3 is 12.1 Å². The molecule has 1 aromatic rings. The molecule has 2 rings (SSSR count). The predicted octanol–water partition coefficient (Wildman–Crippen LogP) is 1.97. The van der Waals surface area contributed by atoms with E-state index >= 15 is 0 Å². The molecule has 8 heteroatoms. The zero-order chi connectivity index (χ0) is 17.7. The van der Waals surface area contributed by atoms with Crippen molar-refractivity contribution in [3.05, 3.63) is 29.3 Å². The van der Waals surface area contributed by atoms with Gasteiger partial charge in [0.15, 0.2) is 0 Å². The van der Waals surface area contributed by atoms with Crippen LogP contribution in [0.15, 0.2) is 18.2 Å². The maximum atomic E-state index is 13.1. The van der Waals surface area contributed by atoms with Crippen molar-refractivity contribution in [3.63, 3.8) is 0 Å². The lowest BCUT2D eigenvalue weighted by atomic mass is 10.1. The molecule has 1 heterocycles. The SMILES string of the molecule is CC(=O)OCCN1CCN(Cc2ccc(N)cc2C(F)(F)F)CC1. The average Bonchev–Trinajstić information content (AvgIpc) is 2.49. The highest BCUT2D eigenvalue weighted by Crippen LogP contribution is 2.34. The van der Waals surface area contributed by atoms with Gasteiger partial charge in [-0.1, -0.05) is 6.07 Å². The van der Waals surface area contributed by atoms with Gasteiger partial charge in [0.1, 0.15) is 6.61 Å². The van der Waals surface area contributed by atoms with Crippen molar-refractivity contribution < 1.29 is 22.7 Å². The second-order valence-corrected chi connectivity index (χ2v) is 5.87. The number of carbonyl (C=O) groups excluding carboxylic acids is 1. The number of nitrogen functional groups attached to an aromatic ring is 1. The first kappa shape index (κ1) is 18.5. The predicted molar refractivity (Wildman–Crippen MR) is 84.2 cm³/mol. The molecule has 0 unspecified atom stereocenters. The van der Waals surface area contributed by atoms with Crippen molar-refractivity contribution in [1.29, 1.82) is 0 Å². The molecule has 0 atom stereocenters. The number of rotatable bonds is 5. The molecule has 2 N–H and O–H groups in total. The Morgan fingerprint density at radius 1 is 1.21 bits per heavy atom. The van der Waals surface area contributed by atoms with E-state index in [1.807, 2.05) is 4.90 Å². The van der Waals surface area contributed by atoms with Gasteiger partial charge in [0.2, 0.25) is 0 Å². The van der Waals surface area contributed by atoms with Gasteiger partial charge in [-0.15, -0.1) is 0 Å². The first-order chi connectivity index (χ1) is 11.3. The van der Waals surface area contributed by atoms with E-state index in [0.717, 1.165) is 19.2 Å². The standard InChI is InChI=1S/C16H22F3N3O2/c1-12(23)24-9-8-21-4-6-22(7-5-21)11-13-2-3-14(20)10-15(13)16(17,18)19/h2-3,10H,4-9,11,20H2,1H3. The molecule has 0 radical (unpaired) electrons. The summed E-state index contributed by atoms with van der Waals surface area (Å²) in [5, 5.41) is 0. The summed E-state index contributed by atoms with van der Waals surface area (Å²) in [5.41, 5.74) is 5.17. The number of hydrogen-bond donors (Lipinski definition) is 1. The number of nitrogens with two attached hydrogens (primary N) is 1. The van der Waals surface area contributed by atoms with E-state index in [0.29, 0.717) is 26.2 Å². The second-order valence-electron chi connectivity index (χ2n) is 5.87. The van der Waals surface area contributed by atoms with Crippen LogP contribution in [0.4, 0.5) is 18.9 Å². The highest BCUT2D eigenvalue weighted by Gasteiger charge is 2.34. The van der Waals surface area contributed by atoms with Crippen molar-refractivity contribution in [2.45, 2.75) is 19.6 Å². The molecule has 1 fully saturated rings. The van der Waals surface area contributed by atoms with E-state index in [-0.39, 0.29) is 23.8 Å². The number of esters is 1. The van der Waals surface area contributed by atoms with Crippen molar-refractivity contribution in [3.8, 4) is 0 Å². The highest BCUT2D eigenvalue weighted by atomic mass is 19.4. The second kappa shape index (κ2) is 7.85. The molecule has 1 saturated heterocycles. The summed E-state index contributed by atoms with van der Waals surface area (Å²) in [6.07, 6.45) is -4.41. The van der Waals surface area contributed by atoms with Gasteiger partial charge in [-0.05, 0) is 17.7 Å². The number of ether oxygens (including phenoxy) is 1. The van der Waals surface area contributed by atoms with E-state index in [1.165, 1.54) is 19.1 Å². The zero-order valence-electron chi connectivity index (χ0n) is 13.6. The van der Waals surface area contributed by atoms with Crippen LogP contribution >= 0.6 is 0 Å². The minimum Gasteiger partial charge on any atom is -0.465 e. The number of alkyl halides is 3. The molecule has 1 aromatic carbocycles. The van der Waals surface area contributed by atoms with Crippen LogP contribution in [0.1, 0.15) is 18.1 Å². The topological polar surface area (TPSA) is 58.8 Å². The summed E-state index contributed by atoms with van der Waals surface area (Å²) in [5.74, 6) is -0.309. The first-order valence-electron chi connectivity index (χ1n) is 7.79. The number of hydrogen-bond acceptors (Lipinski definition) is 5. The number of halogens is 3. The normalized spacial score (nSPS) is 17.0. The van der Waals surface area contributed by atoms with Crippen LogP contribution in [0.25, 0.3) is 0 Å². The van der Waals surface area contributed by atoms with Crippen LogP contribution in [-0.4, -0.2) is 55.1 Å². The van der Waals surface area contributed by atoms with Gasteiger partial charge in [0.05, 0.1) is 5.56 Å². The third kappa shape index (κ3) is 5.38. The lowest BCUT2D eigenvalue weighted by molar-refractivity contribution is -0.141. The Morgan fingerprint density at radius 3 is 2.42 bits per heavy atom. The molecule has 134 valence electrons. The van der Waals surface area contributed by atoms with Crippen LogP contribution in [0, 0.1) is 0 Å². The van der Waals surface area contributed by atoms with Gasteiger partial charge in [-0.2, -0.15) is 13.2 Å². The maximum absolute atomic E-state index is 13.1. The fraction of sp³-hybridized carbons (Fsp3) is 0.562. The Morgan fingerprint density at radius 2 is 1.83 bits per heavy atom. The van der Waals surface area contributed by atoms with Crippen molar-refractivity contribution in [2.75, 3.05) is 45.1 Å². The molecule has 1 aliphatic rings. The number of anilines is 1. The molecule has 0 aliphatic carbocycles. The van der Waals surface area contributed by atoms with Crippen LogP contribution in [0.3, 0.4) is 0 Å². The maximum Gasteiger partial charge on any atom is 0.416 e. The van der Waals surface area contributed by atoms with Gasteiger partial charge in [-0.25, -0.2) is 0 Å². The Hall–Kier alpha value is -1.80. The lowest BCUT2D eigenvalue weighted by Crippen LogP contribution is -2.47. The summed E-state index contributed by atoms with van der Waals surface area (Å²) in [6.45, 7) is 5.39. The van der Waals surface area contributed by atoms with Gasteiger partial charge in [0, 0.05) is 51.9 Å². The molecular weight excluding hydrogens is 323 g/mol. The molecule has 0 aromatic heterocycles. The Labute approximate surface area is 139 Å². The summed E-state index contributed by atoms with van der Waals surface area (Å²) >= 11 is 0. The fourth-order valence-corrected chi connectivity index (χ4v) is 2.73. The van der Waals surface area contributed by atoms with E-state index in [2.05, 4.69) is 4.90 Å². The first-order valence-corrected chi connectivity index (χ1v) is 7.79. The van der Waals surface area contributed by atoms with Crippen molar-refractivity contribution >= 4 is 11.7 Å². The van der Waals surface area contributed by atoms with Gasteiger partial charge in [0.25, 0.3) is 0 Å². The van der Waals surface area contributed by atoms with Crippen molar-refractivity contribution in [2.24, 2.45) is 0 Å². The largest absolute Gasteiger partial charge is 0.465 e. The fourth-order valence-electron chi connectivity index (χ4n) is 2.73. The number of piperazine rings is 1. The monoisotopic (exact) mass is 345 g/mol. The Balaban J connectivity index is 1.89. The Bertz CT molecular complexity index is 570. The van der Waals surface area contributed by atoms with Crippen molar-refractivity contribution in [1.82, 2.24) is 9.80 Å². The summed E-state index contributed by atoms with van der Waals surface area (Å²) in [6, 6.07) is 3.94. The number of benzene rings is 1. The van der Waals surface area contributed by atoms with E-state index in [9.17, 15) is 18.0 Å². The minimum absolute atomic E-state index is 0.112. The molecule has 0 spiro atoms. The summed E-state index contributed by atoms with van der Waals surface area (Å²) < 4.78 is 44.3. The summed E-state index contributed by atoms with van der Waals surface area (Å²) in [7, 11) is 0. The van der Waals surface area contributed by atoms with Crippen LogP contribution in [0.2, 0.25) is 0 Å². The van der Waals surface area contributed by atoms with E-state index < -0.39 is 11.7 Å². The van der Waals surface area contributed by atoms with E-state index in [1.54, 1.807) is 0 Å². The third-order valence-corrected chi connectivity index (χ3v) is 4.01. The molecular formula is C16H22F3N3O2. The molecule has 0 saturated carbocycles. The minimum atomic E-state index is -4.41. The smallest absolute Gasteiger partial charge is 0.416 e. The molecule has 24 heavy (non-hydrogen) atoms. The van der Waals surface area contributed by atoms with Crippen LogP contribution in [-0.2, 0) is 22.3 Å². The number of carbonyl (C=O) groups is 1. The van der Waals surface area contributed by atoms with Crippen LogP contribution < -0.4 is 5.73 Å². The third-order valence-electron chi connectivity index (χ3n) is 4.01. The molecule has 0 bridgehead atoms. The van der Waals surface area contributed by atoms with Crippen LogP contribution in [0.5, 0.6) is 0 Å². The number of nitrogens with zero attached hydrogens (tertiary/aromatic N) is 2. The molecule has 0 amide bonds. The average molecular weight is 345 g/mol. The molecule has 5 nitrogen and oxygen atoms in total. The summed E-state index contributed by atoms with van der Waals surface area (Å²) in [4.78, 5) is 14.8. The Kier molecular flexibility index (Phi) is 6.06. The lowest BCUT2D eigenvalue weighted by Gasteiger charge is -2.35. The van der Waals surface area contributed by atoms with Gasteiger partial charge < -0.3 is 10.5 Å². The zero-order valence-corrected chi connectivity index (χ0v) is 13.6. The highest BCUT2D eigenvalue weighted by molar-refractivity contribution is 5.65. The van der Waals surface area contributed by atoms with Gasteiger partial charge in [-0.3, -0.25) is 14.6 Å². The molecule has 1 aliphatic heterocycles. The quantitative estimate of drug-likeness (QED) is 0.653. The van der Waals surface area contributed by atoms with E-state index in [4.69, 9.17) is 10.5 Å².